The Kier molecular flexibility index (Phi) is 2.81. The van der Waals surface area contributed by atoms with E-state index < -0.39 is 0 Å². The van der Waals surface area contributed by atoms with E-state index in [-0.39, 0.29) is 11.7 Å². The van der Waals surface area contributed by atoms with Crippen LogP contribution >= 0.6 is 0 Å². The van der Waals surface area contributed by atoms with Crippen molar-refractivity contribution in [1.29, 1.82) is 0 Å². The van der Waals surface area contributed by atoms with Crippen LogP contribution in [0.2, 0.25) is 0 Å². The van der Waals surface area contributed by atoms with Crippen LogP contribution in [0.5, 0.6) is 0 Å². The van der Waals surface area contributed by atoms with Gasteiger partial charge in [0.15, 0.2) is 0 Å². The van der Waals surface area contributed by atoms with Crippen LogP contribution in [0, 0.1) is 5.82 Å². The molecule has 3 heteroatoms. The van der Waals surface area contributed by atoms with Crippen LogP contribution in [-0.2, 0) is 0 Å². The lowest BCUT2D eigenvalue weighted by molar-refractivity contribution is 0.627. The summed E-state index contributed by atoms with van der Waals surface area (Å²) in [5.41, 5.74) is 2.03. The quantitative estimate of drug-likeness (QED) is 0.785. The van der Waals surface area contributed by atoms with Crippen LogP contribution in [0.4, 0.5) is 10.1 Å². The summed E-state index contributed by atoms with van der Waals surface area (Å²) in [6, 6.07) is 16.7. The number of nitrogens with zero attached hydrogens (tertiary/aromatic N) is 2. The van der Waals surface area contributed by atoms with E-state index in [9.17, 15) is 4.39 Å². The fourth-order valence-corrected chi connectivity index (χ4v) is 2.14. The second-order valence-electron chi connectivity index (χ2n) is 4.34. The number of rotatable bonds is 2. The van der Waals surface area contributed by atoms with Gasteiger partial charge in [-0.25, -0.2) is 4.39 Å². The van der Waals surface area contributed by atoms with Gasteiger partial charge in [-0.3, -0.25) is 5.01 Å². The van der Waals surface area contributed by atoms with Gasteiger partial charge in [0, 0.05) is 12.1 Å². The third kappa shape index (κ3) is 2.12. The van der Waals surface area contributed by atoms with E-state index in [1.165, 1.54) is 17.7 Å². The first kappa shape index (κ1) is 11.0. The average Bonchev–Trinajstić information content (AvgIpc) is 2.89. The van der Waals surface area contributed by atoms with Crippen molar-refractivity contribution in [3.8, 4) is 0 Å². The van der Waals surface area contributed by atoms with Gasteiger partial charge in [-0.15, -0.1) is 0 Å². The summed E-state index contributed by atoms with van der Waals surface area (Å²) < 4.78 is 13.2. The minimum absolute atomic E-state index is 0.231. The van der Waals surface area contributed by atoms with Crippen molar-refractivity contribution in [2.75, 3.05) is 11.6 Å². The summed E-state index contributed by atoms with van der Waals surface area (Å²) in [5.74, 6) is 0.0420. The first-order valence-electron chi connectivity index (χ1n) is 5.95. The van der Waals surface area contributed by atoms with Crippen LogP contribution in [-0.4, -0.2) is 12.8 Å². The van der Waals surface area contributed by atoms with Crippen molar-refractivity contribution in [2.24, 2.45) is 5.10 Å². The second-order valence-corrected chi connectivity index (χ2v) is 4.34. The molecule has 0 saturated heterocycles. The van der Waals surface area contributed by atoms with E-state index in [0.717, 1.165) is 12.2 Å². The van der Waals surface area contributed by atoms with Crippen LogP contribution in [0.3, 0.4) is 0 Å². The van der Waals surface area contributed by atoms with Crippen molar-refractivity contribution in [3.05, 3.63) is 66.0 Å². The van der Waals surface area contributed by atoms with Gasteiger partial charge in [0.05, 0.1) is 12.2 Å². The van der Waals surface area contributed by atoms with Gasteiger partial charge in [0.25, 0.3) is 0 Å². The molecule has 0 saturated carbocycles. The molecule has 1 aliphatic heterocycles. The zero-order chi connectivity index (χ0) is 12.4. The van der Waals surface area contributed by atoms with E-state index in [2.05, 4.69) is 17.2 Å². The molecule has 1 heterocycles. The Hall–Kier alpha value is -2.16. The Bertz CT molecular complexity index is 566. The molecule has 0 aromatic heterocycles. The lowest BCUT2D eigenvalue weighted by Gasteiger charge is -2.16. The van der Waals surface area contributed by atoms with Gasteiger partial charge >= 0.3 is 0 Å². The highest BCUT2D eigenvalue weighted by molar-refractivity contribution is 5.74. The Morgan fingerprint density at radius 3 is 2.67 bits per heavy atom. The first-order chi connectivity index (χ1) is 8.83. The maximum Gasteiger partial charge on any atom is 0.125 e. The topological polar surface area (TPSA) is 15.6 Å². The molecule has 1 aliphatic rings. The van der Waals surface area contributed by atoms with Crippen molar-refractivity contribution < 1.29 is 4.39 Å². The smallest absolute Gasteiger partial charge is 0.125 e. The molecule has 3 rings (SSSR count). The lowest BCUT2D eigenvalue weighted by Crippen LogP contribution is -2.16. The third-order valence-electron chi connectivity index (χ3n) is 3.09. The first-order valence-corrected chi connectivity index (χ1v) is 5.95. The maximum atomic E-state index is 13.2. The SMILES string of the molecule is Fc1cccc(N2CC(c3ccccc3)C=N2)c1. The average molecular weight is 240 g/mol. The molecule has 2 nitrogen and oxygen atoms in total. The molecule has 0 spiro atoms. The number of halogens is 1. The van der Waals surface area contributed by atoms with Crippen LogP contribution in [0.15, 0.2) is 59.7 Å². The summed E-state index contributed by atoms with van der Waals surface area (Å²) in [4.78, 5) is 0. The predicted octanol–water partition coefficient (Wildman–Crippen LogP) is 3.42. The molecule has 1 unspecified atom stereocenters. The Balaban J connectivity index is 1.79. The molecule has 2 aromatic carbocycles. The fourth-order valence-electron chi connectivity index (χ4n) is 2.14. The Labute approximate surface area is 105 Å². The summed E-state index contributed by atoms with van der Waals surface area (Å²) in [5, 5.41) is 6.18. The van der Waals surface area contributed by atoms with Crippen molar-refractivity contribution in [3.63, 3.8) is 0 Å². The second kappa shape index (κ2) is 4.61. The molecule has 0 bridgehead atoms. The fraction of sp³-hybridized carbons (Fsp3) is 0.133. The number of hydrogen-bond donors (Lipinski definition) is 0. The van der Waals surface area contributed by atoms with Gasteiger partial charge in [0.1, 0.15) is 5.82 Å². The third-order valence-corrected chi connectivity index (χ3v) is 3.09. The van der Waals surface area contributed by atoms with Gasteiger partial charge in [-0.05, 0) is 23.8 Å². The molecule has 0 radical (unpaired) electrons. The normalized spacial score (nSPS) is 18.3. The monoisotopic (exact) mass is 240 g/mol. The molecule has 2 aromatic rings. The van der Waals surface area contributed by atoms with Crippen LogP contribution in [0.25, 0.3) is 0 Å². The predicted molar refractivity (Wildman–Crippen MR) is 71.4 cm³/mol. The molecule has 1 atom stereocenters. The summed E-state index contributed by atoms with van der Waals surface area (Å²) in [6.45, 7) is 0.757. The highest BCUT2D eigenvalue weighted by atomic mass is 19.1. The zero-order valence-electron chi connectivity index (χ0n) is 9.83. The molecule has 90 valence electrons. The van der Waals surface area contributed by atoms with Gasteiger partial charge in [0.2, 0.25) is 0 Å². The maximum absolute atomic E-state index is 13.2. The van der Waals surface area contributed by atoms with Crippen LogP contribution < -0.4 is 5.01 Å². The van der Waals surface area contributed by atoms with E-state index in [1.807, 2.05) is 35.5 Å². The number of anilines is 1. The Morgan fingerprint density at radius 1 is 1.06 bits per heavy atom. The number of hydrazone groups is 1. The molecular weight excluding hydrogens is 227 g/mol. The summed E-state index contributed by atoms with van der Waals surface area (Å²) in [6.07, 6.45) is 1.92. The van der Waals surface area contributed by atoms with E-state index >= 15 is 0 Å². The molecular formula is C15H13FN2. The summed E-state index contributed by atoms with van der Waals surface area (Å²) >= 11 is 0. The number of hydrogen-bond acceptors (Lipinski definition) is 2. The van der Waals surface area contributed by atoms with Gasteiger partial charge < -0.3 is 0 Å². The summed E-state index contributed by atoms with van der Waals surface area (Å²) in [7, 11) is 0. The van der Waals surface area contributed by atoms with Crippen molar-refractivity contribution >= 4 is 11.9 Å². The van der Waals surface area contributed by atoms with Crippen LogP contribution in [0.1, 0.15) is 11.5 Å². The largest absolute Gasteiger partial charge is 0.265 e. The zero-order valence-corrected chi connectivity index (χ0v) is 9.83. The molecule has 0 aliphatic carbocycles. The Morgan fingerprint density at radius 2 is 1.89 bits per heavy atom. The minimum Gasteiger partial charge on any atom is -0.265 e. The highest BCUT2D eigenvalue weighted by Crippen LogP contribution is 2.25. The molecule has 0 amide bonds. The van der Waals surface area contributed by atoms with Crippen molar-refractivity contribution in [2.45, 2.75) is 5.92 Å². The number of benzene rings is 2. The van der Waals surface area contributed by atoms with E-state index in [4.69, 9.17) is 0 Å². The van der Waals surface area contributed by atoms with Crippen molar-refractivity contribution in [1.82, 2.24) is 0 Å². The highest BCUT2D eigenvalue weighted by Gasteiger charge is 2.20. The minimum atomic E-state index is -0.231. The lowest BCUT2D eigenvalue weighted by atomic mass is 10.0. The molecule has 18 heavy (non-hydrogen) atoms. The standard InChI is InChI=1S/C15H13FN2/c16-14-7-4-8-15(9-14)18-11-13(10-17-18)12-5-2-1-3-6-12/h1-10,13H,11H2. The van der Waals surface area contributed by atoms with Gasteiger partial charge in [-0.1, -0.05) is 36.4 Å². The molecule has 0 N–H and O–H groups in total. The van der Waals surface area contributed by atoms with E-state index in [0.29, 0.717) is 0 Å². The molecule has 0 fully saturated rings. The van der Waals surface area contributed by atoms with Gasteiger partial charge in [-0.2, -0.15) is 5.10 Å². The van der Waals surface area contributed by atoms with E-state index in [1.54, 1.807) is 6.07 Å².